The smallest absolute Gasteiger partial charge is 0.335 e. The molecule has 0 unspecified atom stereocenters. The molecule has 0 heterocycles. The third-order valence-electron chi connectivity index (χ3n) is 10.4. The molecule has 4 nitrogen and oxygen atoms in total. The molecular weight excluding hydrogens is 689 g/mol. The summed E-state index contributed by atoms with van der Waals surface area (Å²) < 4.78 is 0. The Hall–Kier alpha value is -4.05. The van der Waals surface area contributed by atoms with Crippen molar-refractivity contribution in [3.8, 4) is 11.5 Å². The van der Waals surface area contributed by atoms with Gasteiger partial charge >= 0.3 is 5.97 Å². The minimum Gasteiger partial charge on any atom is -0.504 e. The van der Waals surface area contributed by atoms with Crippen molar-refractivity contribution < 1.29 is 20.1 Å². The quantitative estimate of drug-likeness (QED) is 0.0615. The summed E-state index contributed by atoms with van der Waals surface area (Å²) in [7, 11) is 0. The highest BCUT2D eigenvalue weighted by molar-refractivity contribution is 5.89. The fraction of sp³-hybridized carbons (Fsp3) is 0.519. The molecule has 1 aromatic carbocycles. The number of hydrogen-bond acceptors (Lipinski definition) is 3. The highest BCUT2D eigenvalue weighted by Crippen LogP contribution is 2.31. The van der Waals surface area contributed by atoms with E-state index >= 15 is 0 Å². The van der Waals surface area contributed by atoms with Gasteiger partial charge in [0.15, 0.2) is 11.5 Å². The van der Waals surface area contributed by atoms with E-state index in [1.165, 1.54) is 63.5 Å². The molecule has 0 amide bonds. The van der Waals surface area contributed by atoms with Crippen LogP contribution in [-0.2, 0) is 6.42 Å². The SMILES string of the molecule is CC(C)=CCCC(C)=CCCC(C)=CCCC(C)=CCCC(C)=CCCC(C)=CCCC(C)=CCCC(C)=CCCC(C)=CCc1cc(C(=O)O)cc(O)c1O. The zero-order valence-corrected chi connectivity index (χ0v) is 37.1. The minimum atomic E-state index is -1.13. The first-order valence-corrected chi connectivity index (χ1v) is 21.2. The molecule has 0 aliphatic heterocycles. The molecule has 1 aromatic rings. The average Bonchev–Trinajstić information content (AvgIpc) is 3.12. The Morgan fingerprint density at radius 2 is 0.696 bits per heavy atom. The maximum absolute atomic E-state index is 11.3. The zero-order chi connectivity index (χ0) is 41.9. The minimum absolute atomic E-state index is 0.0323. The molecule has 0 saturated heterocycles. The summed E-state index contributed by atoms with van der Waals surface area (Å²) in [5.74, 6) is -1.79. The number of aromatic carboxylic acids is 1. The van der Waals surface area contributed by atoms with Crippen LogP contribution in [0.25, 0.3) is 0 Å². The van der Waals surface area contributed by atoms with Crippen LogP contribution in [0.2, 0.25) is 0 Å². The second-order valence-corrected chi connectivity index (χ2v) is 16.5. The number of phenolic OH excluding ortho intramolecular Hbond substituents is 2. The molecule has 0 aromatic heterocycles. The van der Waals surface area contributed by atoms with E-state index in [2.05, 4.69) is 111 Å². The molecule has 56 heavy (non-hydrogen) atoms. The molecule has 0 fully saturated rings. The molecule has 1 rings (SSSR count). The Morgan fingerprint density at radius 1 is 0.429 bits per heavy atom. The molecule has 3 N–H and O–H groups in total. The number of phenols is 2. The highest BCUT2D eigenvalue weighted by atomic mass is 16.4. The Balaban J connectivity index is 2.29. The van der Waals surface area contributed by atoms with Crippen molar-refractivity contribution in [2.45, 2.75) is 178 Å². The molecule has 4 heteroatoms. The number of aromatic hydroxyl groups is 2. The summed E-state index contributed by atoms with van der Waals surface area (Å²) in [6.07, 6.45) is 39.2. The van der Waals surface area contributed by atoms with Crippen LogP contribution >= 0.6 is 0 Å². The van der Waals surface area contributed by atoms with E-state index in [4.69, 9.17) is 0 Å². The van der Waals surface area contributed by atoms with Crippen LogP contribution in [-0.4, -0.2) is 21.3 Å². The van der Waals surface area contributed by atoms with Crippen LogP contribution in [0.4, 0.5) is 0 Å². The Morgan fingerprint density at radius 3 is 0.964 bits per heavy atom. The van der Waals surface area contributed by atoms with Gasteiger partial charge < -0.3 is 15.3 Å². The summed E-state index contributed by atoms with van der Waals surface area (Å²) in [6.45, 7) is 22.2. The molecule has 0 aliphatic rings. The van der Waals surface area contributed by atoms with Crippen molar-refractivity contribution in [1.82, 2.24) is 0 Å². The lowest BCUT2D eigenvalue weighted by atomic mass is 10.0. The standard InChI is InChI=1S/C52H78O4/c1-39(2)19-11-20-40(3)21-12-22-41(4)23-13-24-42(5)25-14-26-43(6)27-15-28-44(7)29-16-30-45(8)31-17-32-46(9)33-18-34-47(10)35-36-48-37-49(52(55)56)38-50(53)51(48)54/h19,21,23,25,27,29,31,33,35,37-38,53-54H,11-18,20,22,24,26,28,30,32,34,36H2,1-10H3,(H,55,56). The first-order chi connectivity index (χ1) is 26.6. The number of carbonyl (C=O) groups is 1. The van der Waals surface area contributed by atoms with Gasteiger partial charge in [0.05, 0.1) is 5.56 Å². The van der Waals surface area contributed by atoms with Gasteiger partial charge in [0.25, 0.3) is 0 Å². The van der Waals surface area contributed by atoms with Crippen LogP contribution in [0.3, 0.4) is 0 Å². The van der Waals surface area contributed by atoms with Crippen molar-refractivity contribution in [2.24, 2.45) is 0 Å². The number of allylic oxidation sites excluding steroid dienone is 18. The van der Waals surface area contributed by atoms with E-state index in [1.807, 2.05) is 13.0 Å². The van der Waals surface area contributed by atoms with E-state index < -0.39 is 11.7 Å². The number of hydrogen-bond donors (Lipinski definition) is 3. The number of rotatable bonds is 27. The summed E-state index contributed by atoms with van der Waals surface area (Å²) in [5, 5.41) is 29.2. The number of carboxylic acid groups (broad SMARTS) is 1. The van der Waals surface area contributed by atoms with Gasteiger partial charge in [-0.15, -0.1) is 0 Å². The van der Waals surface area contributed by atoms with Crippen molar-refractivity contribution >= 4 is 5.97 Å². The second-order valence-electron chi connectivity index (χ2n) is 16.5. The van der Waals surface area contributed by atoms with Crippen molar-refractivity contribution in [2.75, 3.05) is 0 Å². The monoisotopic (exact) mass is 767 g/mol. The molecule has 0 aliphatic carbocycles. The van der Waals surface area contributed by atoms with Crippen LogP contribution in [0.15, 0.2) is 117 Å². The Kier molecular flexibility index (Phi) is 26.1. The summed E-state index contributed by atoms with van der Waals surface area (Å²) >= 11 is 0. The van der Waals surface area contributed by atoms with Gasteiger partial charge in [-0.1, -0.05) is 105 Å². The first-order valence-electron chi connectivity index (χ1n) is 21.2. The van der Waals surface area contributed by atoms with Crippen molar-refractivity contribution in [3.05, 3.63) is 128 Å². The molecule has 310 valence electrons. The summed E-state index contributed by atoms with van der Waals surface area (Å²) in [6, 6.07) is 2.48. The van der Waals surface area contributed by atoms with Gasteiger partial charge in [-0.2, -0.15) is 0 Å². The fourth-order valence-electron chi connectivity index (χ4n) is 6.47. The van der Waals surface area contributed by atoms with Crippen molar-refractivity contribution in [3.63, 3.8) is 0 Å². The predicted molar refractivity (Wildman–Crippen MR) is 244 cm³/mol. The topological polar surface area (TPSA) is 77.8 Å². The molecule has 0 spiro atoms. The fourth-order valence-corrected chi connectivity index (χ4v) is 6.47. The Labute approximate surface area is 343 Å². The molecule has 0 saturated carbocycles. The van der Waals surface area contributed by atoms with Crippen molar-refractivity contribution in [1.29, 1.82) is 0 Å². The zero-order valence-electron chi connectivity index (χ0n) is 37.1. The van der Waals surface area contributed by atoms with E-state index in [9.17, 15) is 20.1 Å². The van der Waals surface area contributed by atoms with E-state index in [0.717, 1.165) is 102 Å². The summed E-state index contributed by atoms with van der Waals surface area (Å²) in [5.41, 5.74) is 13.3. The van der Waals surface area contributed by atoms with Crippen LogP contribution in [0, 0.1) is 0 Å². The second kappa shape index (κ2) is 29.2. The van der Waals surface area contributed by atoms with E-state index in [0.29, 0.717) is 12.0 Å². The lowest BCUT2D eigenvalue weighted by Crippen LogP contribution is -1.98. The maximum atomic E-state index is 11.3. The van der Waals surface area contributed by atoms with Gasteiger partial charge in [-0.3, -0.25) is 0 Å². The predicted octanol–water partition coefficient (Wildman–Crippen LogP) is 16.1. The lowest BCUT2D eigenvalue weighted by molar-refractivity contribution is 0.0696. The van der Waals surface area contributed by atoms with Crippen LogP contribution < -0.4 is 0 Å². The van der Waals surface area contributed by atoms with Crippen LogP contribution in [0.1, 0.15) is 188 Å². The normalized spacial score (nSPS) is 14.1. The molecule has 0 radical (unpaired) electrons. The van der Waals surface area contributed by atoms with Crippen LogP contribution in [0.5, 0.6) is 11.5 Å². The third kappa shape index (κ3) is 25.2. The third-order valence-corrected chi connectivity index (χ3v) is 10.4. The number of benzene rings is 1. The summed E-state index contributed by atoms with van der Waals surface area (Å²) in [4.78, 5) is 11.3. The van der Waals surface area contributed by atoms with Gasteiger partial charge in [0.1, 0.15) is 0 Å². The number of carboxylic acids is 1. The van der Waals surface area contributed by atoms with Gasteiger partial charge in [0.2, 0.25) is 0 Å². The maximum Gasteiger partial charge on any atom is 0.335 e. The van der Waals surface area contributed by atoms with Gasteiger partial charge in [-0.05, 0) is 191 Å². The molecule has 0 atom stereocenters. The largest absolute Gasteiger partial charge is 0.504 e. The highest BCUT2D eigenvalue weighted by Gasteiger charge is 2.12. The lowest BCUT2D eigenvalue weighted by Gasteiger charge is -2.07. The molecular formula is C52H78O4. The van der Waals surface area contributed by atoms with Gasteiger partial charge in [0, 0.05) is 5.56 Å². The average molecular weight is 767 g/mol. The van der Waals surface area contributed by atoms with Gasteiger partial charge in [-0.25, -0.2) is 4.79 Å². The Bertz CT molecular complexity index is 1640. The van der Waals surface area contributed by atoms with E-state index in [-0.39, 0.29) is 11.3 Å². The first kappa shape index (κ1) is 50.0. The van der Waals surface area contributed by atoms with E-state index in [1.54, 1.807) is 0 Å². The molecule has 0 bridgehead atoms.